The molecule has 0 aliphatic rings. The summed E-state index contributed by atoms with van der Waals surface area (Å²) in [5, 5.41) is 5.67. The van der Waals surface area contributed by atoms with Gasteiger partial charge in [0.1, 0.15) is 0 Å². The van der Waals surface area contributed by atoms with E-state index < -0.39 is 11.7 Å². The van der Waals surface area contributed by atoms with Crippen molar-refractivity contribution in [1.82, 2.24) is 10.6 Å². The number of halogens is 4. The van der Waals surface area contributed by atoms with Gasteiger partial charge in [0.15, 0.2) is 0 Å². The van der Waals surface area contributed by atoms with Crippen LogP contribution in [0.25, 0.3) is 0 Å². The van der Waals surface area contributed by atoms with Crippen LogP contribution in [0.1, 0.15) is 12.0 Å². The Morgan fingerprint density at radius 1 is 1.29 bits per heavy atom. The van der Waals surface area contributed by atoms with Gasteiger partial charge in [-0.05, 0) is 38.2 Å². The molecule has 3 nitrogen and oxygen atoms in total. The molecular formula is C13H18ClF3N2OS. The molecule has 1 amide bonds. The zero-order valence-electron chi connectivity index (χ0n) is 11.5. The van der Waals surface area contributed by atoms with Crippen molar-refractivity contribution in [2.45, 2.75) is 17.5 Å². The van der Waals surface area contributed by atoms with E-state index in [4.69, 9.17) is 0 Å². The summed E-state index contributed by atoms with van der Waals surface area (Å²) in [5.74, 6) is -0.0653. The summed E-state index contributed by atoms with van der Waals surface area (Å²) in [7, 11) is 1.82. The van der Waals surface area contributed by atoms with Gasteiger partial charge in [-0.25, -0.2) is 0 Å². The number of hydrogen-bond donors (Lipinski definition) is 2. The van der Waals surface area contributed by atoms with Crippen molar-refractivity contribution in [3.63, 3.8) is 0 Å². The third-order valence-electron chi connectivity index (χ3n) is 2.46. The van der Waals surface area contributed by atoms with Gasteiger partial charge in [-0.2, -0.15) is 13.2 Å². The quantitative estimate of drug-likeness (QED) is 0.591. The third-order valence-corrected chi connectivity index (χ3v) is 3.45. The molecule has 0 unspecified atom stereocenters. The van der Waals surface area contributed by atoms with Crippen molar-refractivity contribution in [2.75, 3.05) is 25.9 Å². The van der Waals surface area contributed by atoms with E-state index in [1.165, 1.54) is 6.07 Å². The maximum absolute atomic E-state index is 12.5. The number of carbonyl (C=O) groups is 1. The zero-order chi connectivity index (χ0) is 15.0. The fraction of sp³-hybridized carbons (Fsp3) is 0.462. The number of thioether (sulfide) groups is 1. The zero-order valence-corrected chi connectivity index (χ0v) is 13.1. The van der Waals surface area contributed by atoms with Gasteiger partial charge >= 0.3 is 6.18 Å². The number of amides is 1. The second-order valence-electron chi connectivity index (χ2n) is 4.12. The highest BCUT2D eigenvalue weighted by Gasteiger charge is 2.30. The lowest BCUT2D eigenvalue weighted by Crippen LogP contribution is -2.27. The van der Waals surface area contributed by atoms with Crippen LogP contribution in [0.5, 0.6) is 0 Å². The Kier molecular flexibility index (Phi) is 9.48. The van der Waals surface area contributed by atoms with Gasteiger partial charge < -0.3 is 10.6 Å². The van der Waals surface area contributed by atoms with Gasteiger partial charge in [0.25, 0.3) is 0 Å². The van der Waals surface area contributed by atoms with Gasteiger partial charge in [0.2, 0.25) is 5.91 Å². The normalized spacial score (nSPS) is 10.9. The van der Waals surface area contributed by atoms with Gasteiger partial charge in [-0.3, -0.25) is 4.79 Å². The summed E-state index contributed by atoms with van der Waals surface area (Å²) < 4.78 is 37.5. The topological polar surface area (TPSA) is 41.1 Å². The molecule has 0 saturated carbocycles. The van der Waals surface area contributed by atoms with Crippen LogP contribution in [-0.4, -0.2) is 31.8 Å². The predicted octanol–water partition coefficient (Wildman–Crippen LogP) is 2.95. The summed E-state index contributed by atoms with van der Waals surface area (Å²) in [6.07, 6.45) is -3.54. The Hall–Kier alpha value is -0.920. The number of benzene rings is 1. The highest BCUT2D eigenvalue weighted by Crippen LogP contribution is 2.31. The summed E-state index contributed by atoms with van der Waals surface area (Å²) in [6, 6.07) is 4.98. The van der Waals surface area contributed by atoms with E-state index >= 15 is 0 Å². The Bertz CT molecular complexity index is 444. The van der Waals surface area contributed by atoms with Crippen LogP contribution in [-0.2, 0) is 11.0 Å². The van der Waals surface area contributed by atoms with Gasteiger partial charge in [0.05, 0.1) is 11.3 Å². The Balaban J connectivity index is 0.00000400. The van der Waals surface area contributed by atoms with Crippen molar-refractivity contribution in [3.8, 4) is 0 Å². The standard InChI is InChI=1S/C13H17F3N2OS.ClH/c1-17-6-3-7-18-12(19)9-20-11-5-2-4-10(8-11)13(14,15)16;/h2,4-5,8,17H,3,6-7,9H2,1H3,(H,18,19);1H. The molecule has 1 aromatic rings. The van der Waals surface area contributed by atoms with Crippen molar-refractivity contribution in [3.05, 3.63) is 29.8 Å². The number of hydrogen-bond acceptors (Lipinski definition) is 3. The molecule has 8 heteroatoms. The fourth-order valence-corrected chi connectivity index (χ4v) is 2.24. The van der Waals surface area contributed by atoms with Crippen LogP contribution in [0.4, 0.5) is 13.2 Å². The smallest absolute Gasteiger partial charge is 0.355 e. The third kappa shape index (κ3) is 8.18. The first-order chi connectivity index (χ1) is 9.43. The number of alkyl halides is 3. The van der Waals surface area contributed by atoms with Crippen LogP contribution in [0.3, 0.4) is 0 Å². The maximum Gasteiger partial charge on any atom is 0.416 e. The molecule has 0 aliphatic carbocycles. The minimum Gasteiger partial charge on any atom is -0.355 e. The maximum atomic E-state index is 12.5. The summed E-state index contributed by atoms with van der Waals surface area (Å²) in [4.78, 5) is 11.9. The van der Waals surface area contributed by atoms with E-state index in [-0.39, 0.29) is 24.1 Å². The van der Waals surface area contributed by atoms with Crippen molar-refractivity contribution in [2.24, 2.45) is 0 Å². The van der Waals surface area contributed by atoms with Crippen LogP contribution in [0, 0.1) is 0 Å². The van der Waals surface area contributed by atoms with Crippen LogP contribution in [0.15, 0.2) is 29.2 Å². The van der Waals surface area contributed by atoms with Crippen molar-refractivity contribution >= 4 is 30.1 Å². The lowest BCUT2D eigenvalue weighted by molar-refractivity contribution is -0.137. The van der Waals surface area contributed by atoms with Gasteiger partial charge in [0, 0.05) is 11.4 Å². The lowest BCUT2D eigenvalue weighted by Gasteiger charge is -2.08. The molecule has 2 N–H and O–H groups in total. The van der Waals surface area contributed by atoms with E-state index in [1.54, 1.807) is 6.07 Å². The van der Waals surface area contributed by atoms with Crippen LogP contribution >= 0.6 is 24.2 Å². The van der Waals surface area contributed by atoms with Gasteiger partial charge in [-0.15, -0.1) is 24.2 Å². The minimum absolute atomic E-state index is 0. The average molecular weight is 343 g/mol. The SMILES string of the molecule is CNCCCNC(=O)CSc1cccc(C(F)(F)F)c1.Cl. The Morgan fingerprint density at radius 2 is 2.00 bits per heavy atom. The average Bonchev–Trinajstić information content (AvgIpc) is 2.41. The molecule has 0 aliphatic heterocycles. The molecule has 0 spiro atoms. The molecule has 0 saturated heterocycles. The van der Waals surface area contributed by atoms with E-state index in [0.717, 1.165) is 36.9 Å². The van der Waals surface area contributed by atoms with Crippen molar-refractivity contribution in [1.29, 1.82) is 0 Å². The predicted molar refractivity (Wildman–Crippen MR) is 81.0 cm³/mol. The number of carbonyl (C=O) groups excluding carboxylic acids is 1. The highest BCUT2D eigenvalue weighted by molar-refractivity contribution is 8.00. The fourth-order valence-electron chi connectivity index (χ4n) is 1.46. The second kappa shape index (κ2) is 9.92. The molecule has 21 heavy (non-hydrogen) atoms. The van der Waals surface area contributed by atoms with Crippen LogP contribution in [0.2, 0.25) is 0 Å². The number of rotatable bonds is 7. The van der Waals surface area contributed by atoms with E-state index in [9.17, 15) is 18.0 Å². The molecular weight excluding hydrogens is 325 g/mol. The highest BCUT2D eigenvalue weighted by atomic mass is 35.5. The first-order valence-corrected chi connectivity index (χ1v) is 7.13. The van der Waals surface area contributed by atoms with Crippen molar-refractivity contribution < 1.29 is 18.0 Å². The lowest BCUT2D eigenvalue weighted by atomic mass is 10.2. The molecule has 0 radical (unpaired) electrons. The molecule has 0 bridgehead atoms. The first kappa shape index (κ1) is 20.1. The Labute approximate surface area is 132 Å². The number of nitrogens with one attached hydrogen (secondary N) is 2. The molecule has 0 aromatic heterocycles. The first-order valence-electron chi connectivity index (χ1n) is 6.15. The second-order valence-corrected chi connectivity index (χ2v) is 5.17. The van der Waals surface area contributed by atoms with Gasteiger partial charge in [-0.1, -0.05) is 6.07 Å². The minimum atomic E-state index is -4.36. The van der Waals surface area contributed by atoms with Crippen LogP contribution < -0.4 is 10.6 Å². The monoisotopic (exact) mass is 342 g/mol. The molecule has 0 atom stereocenters. The molecule has 1 rings (SSSR count). The Morgan fingerprint density at radius 3 is 2.62 bits per heavy atom. The molecule has 0 fully saturated rings. The van der Waals surface area contributed by atoms with E-state index in [0.29, 0.717) is 11.4 Å². The summed E-state index contributed by atoms with van der Waals surface area (Å²) in [6.45, 7) is 1.36. The molecule has 1 aromatic carbocycles. The largest absolute Gasteiger partial charge is 0.416 e. The summed E-state index contributed by atoms with van der Waals surface area (Å²) >= 11 is 1.09. The molecule has 0 heterocycles. The van der Waals surface area contributed by atoms with E-state index in [2.05, 4.69) is 10.6 Å². The van der Waals surface area contributed by atoms with E-state index in [1.807, 2.05) is 7.05 Å². The molecule has 120 valence electrons. The summed E-state index contributed by atoms with van der Waals surface area (Å²) in [5.41, 5.74) is -0.697.